The summed E-state index contributed by atoms with van der Waals surface area (Å²) in [6, 6.07) is 4.56. The first-order valence-corrected chi connectivity index (χ1v) is 4.38. The molecule has 1 rings (SSSR count). The third-order valence-corrected chi connectivity index (χ3v) is 2.16. The zero-order valence-corrected chi connectivity index (χ0v) is 8.12. The minimum absolute atomic E-state index is 0.487. The fraction of sp³-hybridized carbons (Fsp3) is 0.333. The van der Waals surface area contributed by atoms with E-state index in [1.165, 1.54) is 0 Å². The van der Waals surface area contributed by atoms with Gasteiger partial charge in [0.2, 0.25) is 0 Å². The van der Waals surface area contributed by atoms with Crippen molar-refractivity contribution < 1.29 is 5.11 Å². The molecule has 0 bridgehead atoms. The van der Waals surface area contributed by atoms with Gasteiger partial charge in [-0.2, -0.15) is 0 Å². The highest BCUT2D eigenvalue weighted by atomic mass is 35.5. The molecule has 0 aliphatic rings. The Morgan fingerprint density at radius 2 is 2.08 bits per heavy atom. The molecule has 2 atom stereocenters. The van der Waals surface area contributed by atoms with Crippen molar-refractivity contribution in [1.29, 1.82) is 0 Å². The van der Waals surface area contributed by atoms with E-state index in [1.54, 1.807) is 25.1 Å². The molecule has 0 amide bonds. The molecule has 0 aliphatic carbocycles. The number of benzene rings is 1. The van der Waals surface area contributed by atoms with Gasteiger partial charge in [-0.1, -0.05) is 11.6 Å². The Morgan fingerprint density at radius 1 is 1.46 bits per heavy atom. The summed E-state index contributed by atoms with van der Waals surface area (Å²) in [7, 11) is 0. The van der Waals surface area contributed by atoms with E-state index in [2.05, 4.69) is 0 Å². The number of hydrogen-bond donors (Lipinski definition) is 3. The van der Waals surface area contributed by atoms with Crippen LogP contribution in [0.25, 0.3) is 0 Å². The van der Waals surface area contributed by atoms with Gasteiger partial charge in [-0.15, -0.1) is 0 Å². The Labute approximate surface area is 82.3 Å². The van der Waals surface area contributed by atoms with Crippen molar-refractivity contribution in [1.82, 2.24) is 0 Å². The largest absolute Gasteiger partial charge is 0.398 e. The fourth-order valence-corrected chi connectivity index (χ4v) is 1.27. The fourth-order valence-electron chi connectivity index (χ4n) is 1.09. The molecule has 0 fully saturated rings. The van der Waals surface area contributed by atoms with Gasteiger partial charge < -0.3 is 16.6 Å². The van der Waals surface area contributed by atoms with Gasteiger partial charge in [-0.3, -0.25) is 0 Å². The lowest BCUT2D eigenvalue weighted by Gasteiger charge is -2.17. The molecule has 1 aromatic rings. The maximum absolute atomic E-state index is 9.27. The van der Waals surface area contributed by atoms with E-state index < -0.39 is 12.1 Å². The predicted molar refractivity (Wildman–Crippen MR) is 54.5 cm³/mol. The van der Waals surface area contributed by atoms with Crippen LogP contribution in [0, 0.1) is 0 Å². The van der Waals surface area contributed by atoms with Crippen molar-refractivity contribution >= 4 is 17.3 Å². The average Bonchev–Trinajstić information content (AvgIpc) is 2.08. The highest BCUT2D eigenvalue weighted by molar-refractivity contribution is 6.30. The molecular weight excluding hydrogens is 188 g/mol. The molecule has 0 saturated heterocycles. The lowest BCUT2D eigenvalue weighted by molar-refractivity contribution is 0.164. The van der Waals surface area contributed by atoms with Gasteiger partial charge in [0, 0.05) is 10.7 Å². The van der Waals surface area contributed by atoms with E-state index in [0.717, 1.165) is 0 Å². The Kier molecular flexibility index (Phi) is 3.14. The summed E-state index contributed by atoms with van der Waals surface area (Å²) in [5, 5.41) is 9.84. The summed E-state index contributed by atoms with van der Waals surface area (Å²) >= 11 is 5.77. The molecule has 0 spiro atoms. The minimum Gasteiger partial charge on any atom is -0.398 e. The number of nitrogens with two attached hydrogens (primary N) is 2. The lowest BCUT2D eigenvalue weighted by atomic mass is 10.0. The normalized spacial score (nSPS) is 15.4. The number of anilines is 1. The smallest absolute Gasteiger partial charge is 0.0705 e. The summed E-state index contributed by atoms with van der Waals surface area (Å²) in [4.78, 5) is 0. The number of aliphatic hydroxyl groups excluding tert-OH is 1. The third kappa shape index (κ3) is 2.34. The number of halogens is 1. The lowest BCUT2D eigenvalue weighted by Crippen LogP contribution is -2.24. The van der Waals surface area contributed by atoms with Crippen LogP contribution < -0.4 is 11.5 Å². The molecule has 5 N–H and O–H groups in total. The van der Waals surface area contributed by atoms with Crippen molar-refractivity contribution in [2.24, 2.45) is 5.73 Å². The maximum atomic E-state index is 9.27. The minimum atomic E-state index is -0.638. The first kappa shape index (κ1) is 10.3. The molecule has 0 heterocycles. The van der Waals surface area contributed by atoms with Gasteiger partial charge in [0.1, 0.15) is 0 Å². The third-order valence-electron chi connectivity index (χ3n) is 1.93. The van der Waals surface area contributed by atoms with E-state index >= 15 is 0 Å². The Hall–Kier alpha value is -0.770. The molecule has 72 valence electrons. The molecule has 0 unspecified atom stereocenters. The molecule has 13 heavy (non-hydrogen) atoms. The number of aliphatic hydroxyl groups is 1. The molecule has 0 saturated carbocycles. The van der Waals surface area contributed by atoms with Crippen LogP contribution in [0.2, 0.25) is 5.02 Å². The zero-order valence-electron chi connectivity index (χ0n) is 7.37. The monoisotopic (exact) mass is 200 g/mol. The van der Waals surface area contributed by atoms with Crippen LogP contribution in [0.1, 0.15) is 18.5 Å². The second-order valence-corrected chi connectivity index (χ2v) is 3.48. The van der Waals surface area contributed by atoms with E-state index in [9.17, 15) is 5.11 Å². The molecule has 3 nitrogen and oxygen atoms in total. The zero-order chi connectivity index (χ0) is 10.0. The standard InChI is InChI=1S/C9H13ClN2O/c1-5(13)9(12)7-4-6(10)2-3-8(7)11/h2-5,9,13H,11-12H2,1H3/t5-,9-/m0/s1. The molecular formula is C9H13ClN2O. The summed E-state index contributed by atoms with van der Waals surface area (Å²) in [6.45, 7) is 1.62. The van der Waals surface area contributed by atoms with Crippen LogP contribution in [0.5, 0.6) is 0 Å². The van der Waals surface area contributed by atoms with Crippen molar-refractivity contribution in [3.8, 4) is 0 Å². The van der Waals surface area contributed by atoms with E-state index in [-0.39, 0.29) is 0 Å². The molecule has 0 aromatic heterocycles. The SMILES string of the molecule is C[C@H](O)[C@H](N)c1cc(Cl)ccc1N. The topological polar surface area (TPSA) is 72.3 Å². The Balaban J connectivity index is 3.05. The van der Waals surface area contributed by atoms with E-state index in [1.807, 2.05) is 0 Å². The van der Waals surface area contributed by atoms with Crippen molar-refractivity contribution in [3.05, 3.63) is 28.8 Å². The van der Waals surface area contributed by atoms with Crippen LogP contribution in [0.4, 0.5) is 5.69 Å². The van der Waals surface area contributed by atoms with Gasteiger partial charge in [-0.05, 0) is 30.7 Å². The number of nitrogen functional groups attached to an aromatic ring is 1. The van der Waals surface area contributed by atoms with Crippen molar-refractivity contribution in [2.75, 3.05) is 5.73 Å². The molecule has 0 aliphatic heterocycles. The first-order chi connectivity index (χ1) is 6.02. The Morgan fingerprint density at radius 3 is 2.62 bits per heavy atom. The highest BCUT2D eigenvalue weighted by Crippen LogP contribution is 2.24. The summed E-state index contributed by atoms with van der Waals surface area (Å²) in [5.41, 5.74) is 12.6. The van der Waals surface area contributed by atoms with Crippen LogP contribution in [-0.2, 0) is 0 Å². The second kappa shape index (κ2) is 3.96. The van der Waals surface area contributed by atoms with Crippen LogP contribution in [-0.4, -0.2) is 11.2 Å². The molecule has 1 aromatic carbocycles. The van der Waals surface area contributed by atoms with Gasteiger partial charge in [0.05, 0.1) is 12.1 Å². The van der Waals surface area contributed by atoms with Crippen LogP contribution in [0.3, 0.4) is 0 Å². The van der Waals surface area contributed by atoms with Gasteiger partial charge in [-0.25, -0.2) is 0 Å². The summed E-state index contributed by atoms with van der Waals surface area (Å²) in [5.74, 6) is 0. The van der Waals surface area contributed by atoms with E-state index in [4.69, 9.17) is 23.1 Å². The number of hydrogen-bond acceptors (Lipinski definition) is 3. The predicted octanol–water partition coefficient (Wildman–Crippen LogP) is 1.30. The molecule has 0 radical (unpaired) electrons. The van der Waals surface area contributed by atoms with Gasteiger partial charge in [0.15, 0.2) is 0 Å². The summed E-state index contributed by atoms with van der Waals surface area (Å²) < 4.78 is 0. The van der Waals surface area contributed by atoms with Crippen LogP contribution in [0.15, 0.2) is 18.2 Å². The van der Waals surface area contributed by atoms with Crippen molar-refractivity contribution in [2.45, 2.75) is 19.1 Å². The molecule has 4 heteroatoms. The van der Waals surface area contributed by atoms with Gasteiger partial charge >= 0.3 is 0 Å². The maximum Gasteiger partial charge on any atom is 0.0705 e. The van der Waals surface area contributed by atoms with Gasteiger partial charge in [0.25, 0.3) is 0 Å². The summed E-state index contributed by atoms with van der Waals surface area (Å²) in [6.07, 6.45) is -0.638. The van der Waals surface area contributed by atoms with Crippen LogP contribution >= 0.6 is 11.6 Å². The Bertz CT molecular complexity index is 302. The highest BCUT2D eigenvalue weighted by Gasteiger charge is 2.14. The quantitative estimate of drug-likeness (QED) is 0.631. The first-order valence-electron chi connectivity index (χ1n) is 4.01. The van der Waals surface area contributed by atoms with Crippen molar-refractivity contribution in [3.63, 3.8) is 0 Å². The van der Waals surface area contributed by atoms with E-state index in [0.29, 0.717) is 16.3 Å². The average molecular weight is 201 g/mol. The second-order valence-electron chi connectivity index (χ2n) is 3.04. The number of rotatable bonds is 2.